The number of carbonyl (C=O) groups excluding carboxylic acids is 1. The van der Waals surface area contributed by atoms with Gasteiger partial charge in [0, 0.05) is 5.41 Å². The number of amides is 1. The van der Waals surface area contributed by atoms with Crippen molar-refractivity contribution in [3.05, 3.63) is 27.5 Å². The average molecular weight is 247 g/mol. The normalized spacial score (nSPS) is 11.5. The van der Waals surface area contributed by atoms with Gasteiger partial charge in [-0.15, -0.1) is 0 Å². The summed E-state index contributed by atoms with van der Waals surface area (Å²) in [6.45, 7) is 5.88. The van der Waals surface area contributed by atoms with E-state index >= 15 is 0 Å². The summed E-state index contributed by atoms with van der Waals surface area (Å²) in [7, 11) is 0. The molecule has 1 heterocycles. The van der Waals surface area contributed by atoms with E-state index in [0.29, 0.717) is 10.7 Å². The highest BCUT2D eigenvalue weighted by Gasteiger charge is 2.22. The minimum absolute atomic E-state index is 0.0943. The second kappa shape index (κ2) is 3.99. The summed E-state index contributed by atoms with van der Waals surface area (Å²) in [5.74, 6) is -0.630. The van der Waals surface area contributed by atoms with Gasteiger partial charge < -0.3 is 5.73 Å². The zero-order chi connectivity index (χ0) is 11.8. The summed E-state index contributed by atoms with van der Waals surface area (Å²) in [5.41, 5.74) is 5.70. The van der Waals surface area contributed by atoms with Crippen LogP contribution in [0.3, 0.4) is 0 Å². The smallest absolute Gasteiger partial charge is 0.251 e. The summed E-state index contributed by atoms with van der Waals surface area (Å²) >= 11 is 11.8. The third-order valence-electron chi connectivity index (χ3n) is 1.91. The third kappa shape index (κ3) is 2.61. The van der Waals surface area contributed by atoms with Crippen LogP contribution in [0.4, 0.5) is 0 Å². The Morgan fingerprint density at radius 2 is 1.93 bits per heavy atom. The minimum atomic E-state index is -0.630. The first-order valence-corrected chi connectivity index (χ1v) is 5.15. The molecule has 0 radical (unpaired) electrons. The van der Waals surface area contributed by atoms with Crippen LogP contribution in [0.2, 0.25) is 10.2 Å². The lowest BCUT2D eigenvalue weighted by molar-refractivity contribution is 0.1000. The number of nitrogens with two attached hydrogens (primary N) is 1. The predicted molar refractivity (Wildman–Crippen MR) is 61.5 cm³/mol. The predicted octanol–water partition coefficient (Wildman–Crippen LogP) is 2.78. The largest absolute Gasteiger partial charge is 0.366 e. The van der Waals surface area contributed by atoms with Gasteiger partial charge in [0.15, 0.2) is 0 Å². The maximum absolute atomic E-state index is 11.0. The molecule has 0 aliphatic heterocycles. The molecule has 1 aromatic rings. The fraction of sp³-hybridized carbons (Fsp3) is 0.400. The van der Waals surface area contributed by atoms with E-state index in [4.69, 9.17) is 28.9 Å². The number of halogens is 2. The first-order valence-electron chi connectivity index (χ1n) is 4.40. The van der Waals surface area contributed by atoms with Gasteiger partial charge in [0.05, 0.1) is 16.3 Å². The number of carbonyl (C=O) groups is 1. The van der Waals surface area contributed by atoms with Gasteiger partial charge in [0.1, 0.15) is 5.15 Å². The van der Waals surface area contributed by atoms with Gasteiger partial charge in [0.2, 0.25) is 0 Å². The van der Waals surface area contributed by atoms with Crippen molar-refractivity contribution in [3.8, 4) is 0 Å². The van der Waals surface area contributed by atoms with Gasteiger partial charge in [-0.2, -0.15) is 0 Å². The number of primary amides is 1. The Morgan fingerprint density at radius 3 is 2.33 bits per heavy atom. The Bertz CT molecular complexity index is 411. The van der Waals surface area contributed by atoms with Crippen LogP contribution >= 0.6 is 23.2 Å². The molecule has 0 aliphatic rings. The molecule has 0 fully saturated rings. The standard InChI is InChI=1S/C10H12Cl2N2O/c1-10(2,3)7-6(11)4-5(9(13)15)8(12)14-7/h4H,1-3H3,(H2,13,15). The topological polar surface area (TPSA) is 56.0 Å². The van der Waals surface area contributed by atoms with Crippen molar-refractivity contribution in [2.75, 3.05) is 0 Å². The van der Waals surface area contributed by atoms with Crippen molar-refractivity contribution >= 4 is 29.1 Å². The van der Waals surface area contributed by atoms with E-state index in [1.807, 2.05) is 20.8 Å². The molecule has 0 saturated heterocycles. The minimum Gasteiger partial charge on any atom is -0.366 e. The van der Waals surface area contributed by atoms with Crippen molar-refractivity contribution in [2.24, 2.45) is 5.73 Å². The van der Waals surface area contributed by atoms with Crippen LogP contribution in [-0.2, 0) is 5.41 Å². The van der Waals surface area contributed by atoms with Crippen molar-refractivity contribution in [2.45, 2.75) is 26.2 Å². The lowest BCUT2D eigenvalue weighted by Crippen LogP contribution is -2.18. The van der Waals surface area contributed by atoms with Crippen LogP contribution in [0, 0.1) is 0 Å². The molecule has 1 aromatic heterocycles. The van der Waals surface area contributed by atoms with Crippen molar-refractivity contribution in [3.63, 3.8) is 0 Å². The Hall–Kier alpha value is -0.800. The van der Waals surface area contributed by atoms with Crippen LogP contribution in [0.25, 0.3) is 0 Å². The zero-order valence-corrected chi connectivity index (χ0v) is 10.3. The van der Waals surface area contributed by atoms with E-state index in [2.05, 4.69) is 4.98 Å². The lowest BCUT2D eigenvalue weighted by Gasteiger charge is -2.19. The molecule has 82 valence electrons. The van der Waals surface area contributed by atoms with E-state index in [1.165, 1.54) is 6.07 Å². The highest BCUT2D eigenvalue weighted by atomic mass is 35.5. The molecule has 0 saturated carbocycles. The summed E-state index contributed by atoms with van der Waals surface area (Å²) in [6, 6.07) is 1.46. The molecule has 3 nitrogen and oxygen atoms in total. The summed E-state index contributed by atoms with van der Waals surface area (Å²) in [5, 5.41) is 0.498. The number of aromatic nitrogens is 1. The van der Waals surface area contributed by atoms with E-state index in [9.17, 15) is 4.79 Å². The molecule has 0 bridgehead atoms. The molecule has 0 spiro atoms. The third-order valence-corrected chi connectivity index (χ3v) is 2.48. The van der Waals surface area contributed by atoms with E-state index < -0.39 is 5.91 Å². The number of pyridine rings is 1. The molecule has 15 heavy (non-hydrogen) atoms. The maximum Gasteiger partial charge on any atom is 0.251 e. The van der Waals surface area contributed by atoms with Gasteiger partial charge in [-0.05, 0) is 6.07 Å². The second-order valence-corrected chi connectivity index (χ2v) is 5.04. The van der Waals surface area contributed by atoms with E-state index in [1.54, 1.807) is 0 Å². The van der Waals surface area contributed by atoms with Crippen LogP contribution in [0.5, 0.6) is 0 Å². The van der Waals surface area contributed by atoms with E-state index in [-0.39, 0.29) is 16.1 Å². The van der Waals surface area contributed by atoms with Gasteiger partial charge in [0.25, 0.3) is 5.91 Å². The van der Waals surface area contributed by atoms with Gasteiger partial charge >= 0.3 is 0 Å². The van der Waals surface area contributed by atoms with E-state index in [0.717, 1.165) is 0 Å². The highest BCUT2D eigenvalue weighted by Crippen LogP contribution is 2.30. The summed E-state index contributed by atoms with van der Waals surface area (Å²) in [6.07, 6.45) is 0. The lowest BCUT2D eigenvalue weighted by atomic mass is 9.91. The fourth-order valence-corrected chi connectivity index (χ4v) is 1.83. The Morgan fingerprint density at radius 1 is 1.40 bits per heavy atom. The molecule has 0 aliphatic carbocycles. The number of hydrogen-bond donors (Lipinski definition) is 1. The van der Waals surface area contributed by atoms with Crippen molar-refractivity contribution in [1.82, 2.24) is 4.98 Å². The molecular formula is C10H12Cl2N2O. The molecule has 0 aromatic carbocycles. The monoisotopic (exact) mass is 246 g/mol. The van der Waals surface area contributed by atoms with Gasteiger partial charge in [-0.25, -0.2) is 4.98 Å². The number of nitrogens with zero attached hydrogens (tertiary/aromatic N) is 1. The first-order chi connectivity index (χ1) is 6.73. The zero-order valence-electron chi connectivity index (χ0n) is 8.77. The Labute approximate surface area is 98.6 Å². The first kappa shape index (κ1) is 12.3. The van der Waals surface area contributed by atoms with Crippen LogP contribution < -0.4 is 5.73 Å². The Balaban J connectivity index is 3.39. The molecule has 0 atom stereocenters. The van der Waals surface area contributed by atoms with Crippen LogP contribution in [0.15, 0.2) is 6.07 Å². The maximum atomic E-state index is 11.0. The average Bonchev–Trinajstić information content (AvgIpc) is 2.06. The molecule has 2 N–H and O–H groups in total. The highest BCUT2D eigenvalue weighted by molar-refractivity contribution is 6.35. The molecule has 1 amide bonds. The molecule has 0 unspecified atom stereocenters. The quantitative estimate of drug-likeness (QED) is 0.775. The summed E-state index contributed by atoms with van der Waals surface area (Å²) < 4.78 is 0. The fourth-order valence-electron chi connectivity index (χ4n) is 1.17. The van der Waals surface area contributed by atoms with Gasteiger partial charge in [-0.3, -0.25) is 4.79 Å². The van der Waals surface area contributed by atoms with Crippen LogP contribution in [0.1, 0.15) is 36.8 Å². The SMILES string of the molecule is CC(C)(C)c1nc(Cl)c(C(N)=O)cc1Cl. The van der Waals surface area contributed by atoms with Crippen molar-refractivity contribution in [1.29, 1.82) is 0 Å². The number of rotatable bonds is 1. The number of hydrogen-bond acceptors (Lipinski definition) is 2. The summed E-state index contributed by atoms with van der Waals surface area (Å²) in [4.78, 5) is 15.1. The molecular weight excluding hydrogens is 235 g/mol. The van der Waals surface area contributed by atoms with Gasteiger partial charge in [-0.1, -0.05) is 44.0 Å². The second-order valence-electron chi connectivity index (χ2n) is 4.27. The molecule has 5 heteroatoms. The molecule has 1 rings (SSSR count). The Kier molecular flexibility index (Phi) is 3.26. The van der Waals surface area contributed by atoms with Crippen molar-refractivity contribution < 1.29 is 4.79 Å². The van der Waals surface area contributed by atoms with Crippen LogP contribution in [-0.4, -0.2) is 10.9 Å².